The fraction of sp³-hybridized carbons (Fsp3) is 0.333. The molecule has 78 valence electrons. The second-order valence-electron chi connectivity index (χ2n) is 3.05. The molecule has 0 bridgehead atoms. The topological polar surface area (TPSA) is 72.2 Å². The van der Waals surface area contributed by atoms with E-state index in [0.717, 1.165) is 18.5 Å². The molecule has 0 aliphatic rings. The molecule has 5 heteroatoms. The van der Waals surface area contributed by atoms with Crippen LogP contribution >= 0.6 is 0 Å². The zero-order valence-electron chi connectivity index (χ0n) is 8.24. The van der Waals surface area contributed by atoms with Gasteiger partial charge >= 0.3 is 0 Å². The Kier molecular flexibility index (Phi) is 3.00. The SMILES string of the molecule is CCNc1ccc(S(C)(=O)=O)cc1N. The summed E-state index contributed by atoms with van der Waals surface area (Å²) in [7, 11) is -3.16. The Morgan fingerprint density at radius 3 is 2.50 bits per heavy atom. The second kappa shape index (κ2) is 3.88. The number of nitrogens with two attached hydrogens (primary N) is 1. The van der Waals surface area contributed by atoms with Gasteiger partial charge < -0.3 is 11.1 Å². The Bertz CT molecular complexity index is 426. The van der Waals surface area contributed by atoms with Crippen LogP contribution < -0.4 is 11.1 Å². The second-order valence-corrected chi connectivity index (χ2v) is 5.07. The average molecular weight is 214 g/mol. The Morgan fingerprint density at radius 2 is 2.07 bits per heavy atom. The molecule has 4 nitrogen and oxygen atoms in total. The number of anilines is 2. The number of nitrogen functional groups attached to an aromatic ring is 1. The summed E-state index contributed by atoms with van der Waals surface area (Å²) >= 11 is 0. The number of rotatable bonds is 3. The van der Waals surface area contributed by atoms with Gasteiger partial charge in [0.1, 0.15) is 0 Å². The summed E-state index contributed by atoms with van der Waals surface area (Å²) in [6, 6.07) is 4.69. The third-order valence-corrected chi connectivity index (χ3v) is 2.93. The van der Waals surface area contributed by atoms with E-state index in [1.807, 2.05) is 6.92 Å². The van der Waals surface area contributed by atoms with Gasteiger partial charge in [-0.1, -0.05) is 0 Å². The van der Waals surface area contributed by atoms with Crippen LogP contribution in [0.1, 0.15) is 6.92 Å². The van der Waals surface area contributed by atoms with Crippen LogP contribution in [-0.4, -0.2) is 21.2 Å². The monoisotopic (exact) mass is 214 g/mol. The van der Waals surface area contributed by atoms with E-state index >= 15 is 0 Å². The molecule has 0 heterocycles. The van der Waals surface area contributed by atoms with Crippen molar-refractivity contribution in [3.63, 3.8) is 0 Å². The van der Waals surface area contributed by atoms with Crippen molar-refractivity contribution < 1.29 is 8.42 Å². The van der Waals surface area contributed by atoms with Gasteiger partial charge in [0.05, 0.1) is 16.3 Å². The predicted octanol–water partition coefficient (Wildman–Crippen LogP) is 1.10. The van der Waals surface area contributed by atoms with Crippen molar-refractivity contribution in [2.24, 2.45) is 0 Å². The molecule has 0 atom stereocenters. The molecule has 1 aromatic rings. The highest BCUT2D eigenvalue weighted by Crippen LogP contribution is 2.22. The third-order valence-electron chi connectivity index (χ3n) is 1.82. The zero-order valence-corrected chi connectivity index (χ0v) is 9.06. The molecule has 0 amide bonds. The van der Waals surface area contributed by atoms with Gasteiger partial charge in [0.15, 0.2) is 9.84 Å². The number of benzene rings is 1. The fourth-order valence-corrected chi connectivity index (χ4v) is 1.78. The van der Waals surface area contributed by atoms with Crippen molar-refractivity contribution >= 4 is 21.2 Å². The van der Waals surface area contributed by atoms with Crippen LogP contribution in [0.15, 0.2) is 23.1 Å². The lowest BCUT2D eigenvalue weighted by Gasteiger charge is -2.08. The van der Waals surface area contributed by atoms with E-state index in [2.05, 4.69) is 5.32 Å². The van der Waals surface area contributed by atoms with E-state index in [4.69, 9.17) is 5.73 Å². The molecular weight excluding hydrogens is 200 g/mol. The van der Waals surface area contributed by atoms with Crippen molar-refractivity contribution in [3.05, 3.63) is 18.2 Å². The first-order valence-electron chi connectivity index (χ1n) is 4.28. The standard InChI is InChI=1S/C9H14N2O2S/c1-3-11-9-5-4-7(6-8(9)10)14(2,12)13/h4-6,11H,3,10H2,1-2H3. The molecule has 0 unspecified atom stereocenters. The first kappa shape index (κ1) is 10.8. The maximum absolute atomic E-state index is 11.2. The summed E-state index contributed by atoms with van der Waals surface area (Å²) in [4.78, 5) is 0.247. The molecule has 0 spiro atoms. The van der Waals surface area contributed by atoms with Crippen molar-refractivity contribution in [2.45, 2.75) is 11.8 Å². The minimum absolute atomic E-state index is 0.247. The van der Waals surface area contributed by atoms with Crippen molar-refractivity contribution in [1.29, 1.82) is 0 Å². The largest absolute Gasteiger partial charge is 0.397 e. The molecule has 0 saturated carbocycles. The number of hydrogen-bond acceptors (Lipinski definition) is 4. The van der Waals surface area contributed by atoms with Crippen molar-refractivity contribution in [3.8, 4) is 0 Å². The predicted molar refractivity (Wildman–Crippen MR) is 58.1 cm³/mol. The van der Waals surface area contributed by atoms with Crippen LogP contribution in [0, 0.1) is 0 Å². The molecule has 0 radical (unpaired) electrons. The maximum Gasteiger partial charge on any atom is 0.175 e. The van der Waals surface area contributed by atoms with E-state index in [0.29, 0.717) is 5.69 Å². The van der Waals surface area contributed by atoms with Gasteiger partial charge in [0.2, 0.25) is 0 Å². The Labute approximate surface area is 84.0 Å². The summed E-state index contributed by atoms with van der Waals surface area (Å²) in [5.41, 5.74) is 6.89. The number of sulfone groups is 1. The fourth-order valence-electron chi connectivity index (χ4n) is 1.12. The normalized spacial score (nSPS) is 11.3. The van der Waals surface area contributed by atoms with Crippen LogP contribution in [0.25, 0.3) is 0 Å². The third kappa shape index (κ3) is 2.38. The van der Waals surface area contributed by atoms with Crippen molar-refractivity contribution in [1.82, 2.24) is 0 Å². The van der Waals surface area contributed by atoms with Crippen molar-refractivity contribution in [2.75, 3.05) is 23.9 Å². The molecule has 0 aromatic heterocycles. The summed E-state index contributed by atoms with van der Waals surface area (Å²) in [6.45, 7) is 2.70. The Morgan fingerprint density at radius 1 is 1.43 bits per heavy atom. The summed E-state index contributed by atoms with van der Waals surface area (Å²) in [5, 5.41) is 3.03. The molecular formula is C9H14N2O2S. The maximum atomic E-state index is 11.2. The van der Waals surface area contributed by atoms with E-state index in [1.165, 1.54) is 6.07 Å². The lowest BCUT2D eigenvalue weighted by Crippen LogP contribution is -2.03. The molecule has 0 saturated heterocycles. The summed E-state index contributed by atoms with van der Waals surface area (Å²) in [6.07, 6.45) is 1.16. The highest BCUT2D eigenvalue weighted by molar-refractivity contribution is 7.90. The van der Waals surface area contributed by atoms with Gasteiger partial charge in [-0.05, 0) is 25.1 Å². The van der Waals surface area contributed by atoms with Crippen LogP contribution in [-0.2, 0) is 9.84 Å². The molecule has 0 aliphatic carbocycles. The molecule has 0 aliphatic heterocycles. The summed E-state index contributed by atoms with van der Waals surface area (Å²) < 4.78 is 22.4. The summed E-state index contributed by atoms with van der Waals surface area (Å²) in [5.74, 6) is 0. The Balaban J connectivity index is 3.13. The zero-order chi connectivity index (χ0) is 10.8. The number of nitrogens with one attached hydrogen (secondary N) is 1. The van der Waals surface area contributed by atoms with E-state index < -0.39 is 9.84 Å². The molecule has 1 rings (SSSR count). The van der Waals surface area contributed by atoms with Gasteiger partial charge in [-0.3, -0.25) is 0 Å². The first-order chi connectivity index (χ1) is 6.45. The lowest BCUT2D eigenvalue weighted by molar-refractivity contribution is 0.602. The van der Waals surface area contributed by atoms with E-state index in [9.17, 15) is 8.42 Å². The average Bonchev–Trinajstić information content (AvgIpc) is 2.07. The minimum atomic E-state index is -3.16. The van der Waals surface area contributed by atoms with Crippen LogP contribution in [0.5, 0.6) is 0 Å². The lowest BCUT2D eigenvalue weighted by atomic mass is 10.2. The first-order valence-corrected chi connectivity index (χ1v) is 6.17. The molecule has 14 heavy (non-hydrogen) atoms. The number of hydrogen-bond donors (Lipinski definition) is 2. The van der Waals surface area contributed by atoms with Gasteiger partial charge in [-0.2, -0.15) is 0 Å². The smallest absolute Gasteiger partial charge is 0.175 e. The molecule has 0 fully saturated rings. The van der Waals surface area contributed by atoms with Gasteiger partial charge in [0.25, 0.3) is 0 Å². The van der Waals surface area contributed by atoms with Crippen LogP contribution in [0.3, 0.4) is 0 Å². The Hall–Kier alpha value is -1.23. The molecule has 3 N–H and O–H groups in total. The highest BCUT2D eigenvalue weighted by atomic mass is 32.2. The van der Waals surface area contributed by atoms with Gasteiger partial charge in [-0.25, -0.2) is 8.42 Å². The van der Waals surface area contributed by atoms with Gasteiger partial charge in [-0.15, -0.1) is 0 Å². The molecule has 1 aromatic carbocycles. The minimum Gasteiger partial charge on any atom is -0.397 e. The quantitative estimate of drug-likeness (QED) is 0.739. The van der Waals surface area contributed by atoms with Gasteiger partial charge in [0, 0.05) is 12.8 Å². The van der Waals surface area contributed by atoms with Crippen LogP contribution in [0.2, 0.25) is 0 Å². The highest BCUT2D eigenvalue weighted by Gasteiger charge is 2.08. The van der Waals surface area contributed by atoms with E-state index in [-0.39, 0.29) is 4.90 Å². The van der Waals surface area contributed by atoms with Crippen LogP contribution in [0.4, 0.5) is 11.4 Å². The van der Waals surface area contributed by atoms with E-state index in [1.54, 1.807) is 12.1 Å².